The summed E-state index contributed by atoms with van der Waals surface area (Å²) in [4.78, 5) is 15.7. The summed E-state index contributed by atoms with van der Waals surface area (Å²) in [6.45, 7) is 0. The first-order valence-corrected chi connectivity index (χ1v) is 9.06. The van der Waals surface area contributed by atoms with Gasteiger partial charge in [0.25, 0.3) is 0 Å². The minimum Gasteiger partial charge on any atom is -0.468 e. The first-order chi connectivity index (χ1) is 9.70. The van der Waals surface area contributed by atoms with Gasteiger partial charge in [-0.25, -0.2) is 4.98 Å². The van der Waals surface area contributed by atoms with Crippen LogP contribution in [0.4, 0.5) is 0 Å². The zero-order valence-corrected chi connectivity index (χ0v) is 13.5. The lowest BCUT2D eigenvalue weighted by atomic mass is 10.2. The second-order valence-electron chi connectivity index (χ2n) is 4.13. The molecule has 2 aromatic heterocycles. The molecular formula is C13H16N2O2S3. The van der Waals surface area contributed by atoms with Gasteiger partial charge in [-0.3, -0.25) is 4.79 Å². The molecule has 1 unspecified atom stereocenters. The van der Waals surface area contributed by atoms with Crippen LogP contribution >= 0.6 is 34.4 Å². The molecule has 0 amide bonds. The van der Waals surface area contributed by atoms with Crippen LogP contribution in [0.5, 0.6) is 0 Å². The Balaban J connectivity index is 1.74. The summed E-state index contributed by atoms with van der Waals surface area (Å²) in [5.74, 6) is 1.31. The molecule has 1 atom stereocenters. The normalized spacial score (nSPS) is 12.3. The molecule has 2 aromatic rings. The SMILES string of the molecule is COC(=O)C(N)CCSCc1csc(-c2ccsc2)n1. The number of nitrogens with zero attached hydrogens (tertiary/aromatic N) is 1. The van der Waals surface area contributed by atoms with Gasteiger partial charge in [-0.15, -0.1) is 11.3 Å². The zero-order valence-electron chi connectivity index (χ0n) is 11.1. The lowest BCUT2D eigenvalue weighted by molar-refractivity contribution is -0.142. The lowest BCUT2D eigenvalue weighted by Gasteiger charge is -2.07. The molecule has 0 spiro atoms. The van der Waals surface area contributed by atoms with Crippen molar-refractivity contribution in [3.05, 3.63) is 27.9 Å². The molecular weight excluding hydrogens is 312 g/mol. The maximum atomic E-state index is 11.1. The molecule has 108 valence electrons. The number of carbonyl (C=O) groups is 1. The number of thiazole rings is 1. The van der Waals surface area contributed by atoms with E-state index in [1.54, 1.807) is 34.4 Å². The highest BCUT2D eigenvalue weighted by Crippen LogP contribution is 2.27. The minimum atomic E-state index is -0.524. The van der Waals surface area contributed by atoms with Crippen molar-refractivity contribution in [2.75, 3.05) is 12.9 Å². The predicted molar refractivity (Wildman–Crippen MR) is 86.2 cm³/mol. The molecule has 0 aromatic carbocycles. The van der Waals surface area contributed by atoms with E-state index < -0.39 is 6.04 Å². The second kappa shape index (κ2) is 7.78. The molecule has 0 aliphatic heterocycles. The molecule has 2 rings (SSSR count). The van der Waals surface area contributed by atoms with Crippen LogP contribution in [-0.2, 0) is 15.3 Å². The summed E-state index contributed by atoms with van der Waals surface area (Å²) < 4.78 is 4.59. The van der Waals surface area contributed by atoms with E-state index in [0.717, 1.165) is 22.2 Å². The molecule has 0 saturated heterocycles. The third kappa shape index (κ3) is 4.31. The Morgan fingerprint density at radius 1 is 1.55 bits per heavy atom. The molecule has 7 heteroatoms. The standard InChI is InChI=1S/C13H16N2O2S3/c1-17-13(16)11(14)3-5-19-7-10-8-20-12(15-10)9-2-4-18-6-9/h2,4,6,8,11H,3,5,7,14H2,1H3. The smallest absolute Gasteiger partial charge is 0.322 e. The van der Waals surface area contributed by atoms with Gasteiger partial charge >= 0.3 is 5.97 Å². The number of nitrogens with two attached hydrogens (primary N) is 1. The molecule has 2 heterocycles. The Kier molecular flexibility index (Phi) is 6.03. The molecule has 2 N–H and O–H groups in total. The summed E-state index contributed by atoms with van der Waals surface area (Å²) in [5.41, 5.74) is 7.94. The van der Waals surface area contributed by atoms with Crippen molar-refractivity contribution in [3.8, 4) is 10.6 Å². The molecule has 0 bridgehead atoms. The fraction of sp³-hybridized carbons (Fsp3) is 0.385. The van der Waals surface area contributed by atoms with Gasteiger partial charge in [0.05, 0.1) is 12.8 Å². The van der Waals surface area contributed by atoms with Crippen molar-refractivity contribution in [2.24, 2.45) is 5.73 Å². The lowest BCUT2D eigenvalue weighted by Crippen LogP contribution is -2.31. The van der Waals surface area contributed by atoms with Gasteiger partial charge in [0, 0.05) is 22.1 Å². The molecule has 4 nitrogen and oxygen atoms in total. The Morgan fingerprint density at radius 2 is 2.40 bits per heavy atom. The van der Waals surface area contributed by atoms with Gasteiger partial charge in [0.1, 0.15) is 11.0 Å². The van der Waals surface area contributed by atoms with Crippen molar-refractivity contribution in [1.29, 1.82) is 0 Å². The number of aromatic nitrogens is 1. The molecule has 0 saturated carbocycles. The molecule has 0 fully saturated rings. The van der Waals surface area contributed by atoms with E-state index in [2.05, 4.69) is 31.9 Å². The monoisotopic (exact) mass is 328 g/mol. The fourth-order valence-electron chi connectivity index (χ4n) is 1.55. The number of thiophene rings is 1. The van der Waals surface area contributed by atoms with Crippen LogP contribution in [0, 0.1) is 0 Å². The Bertz CT molecular complexity index is 540. The van der Waals surface area contributed by atoms with E-state index in [9.17, 15) is 4.79 Å². The summed E-state index contributed by atoms with van der Waals surface area (Å²) in [7, 11) is 1.36. The topological polar surface area (TPSA) is 65.2 Å². The third-order valence-corrected chi connectivity index (χ3v) is 5.29. The van der Waals surface area contributed by atoms with E-state index >= 15 is 0 Å². The number of hydrogen-bond acceptors (Lipinski definition) is 7. The highest BCUT2D eigenvalue weighted by Gasteiger charge is 2.13. The second-order valence-corrected chi connectivity index (χ2v) is 6.87. The average molecular weight is 328 g/mol. The van der Waals surface area contributed by atoms with Gasteiger partial charge in [0.2, 0.25) is 0 Å². The third-order valence-electron chi connectivity index (χ3n) is 2.65. The Morgan fingerprint density at radius 3 is 3.10 bits per heavy atom. The maximum absolute atomic E-state index is 11.1. The number of ether oxygens (including phenoxy) is 1. The van der Waals surface area contributed by atoms with Crippen molar-refractivity contribution < 1.29 is 9.53 Å². The van der Waals surface area contributed by atoms with Gasteiger partial charge in [0.15, 0.2) is 0 Å². The van der Waals surface area contributed by atoms with Crippen molar-refractivity contribution in [1.82, 2.24) is 4.98 Å². The van der Waals surface area contributed by atoms with Crippen LogP contribution in [0.3, 0.4) is 0 Å². The number of thioether (sulfide) groups is 1. The summed E-state index contributed by atoms with van der Waals surface area (Å²) >= 11 is 5.07. The van der Waals surface area contributed by atoms with E-state index in [-0.39, 0.29) is 5.97 Å². The van der Waals surface area contributed by atoms with Crippen molar-refractivity contribution in [3.63, 3.8) is 0 Å². The molecule has 20 heavy (non-hydrogen) atoms. The first-order valence-electron chi connectivity index (χ1n) is 6.09. The van der Waals surface area contributed by atoms with Crippen LogP contribution in [-0.4, -0.2) is 29.9 Å². The van der Waals surface area contributed by atoms with Crippen LogP contribution < -0.4 is 5.73 Å². The van der Waals surface area contributed by atoms with Crippen LogP contribution in [0.1, 0.15) is 12.1 Å². The van der Waals surface area contributed by atoms with E-state index in [0.29, 0.717) is 6.42 Å². The van der Waals surface area contributed by atoms with Crippen molar-refractivity contribution >= 4 is 40.4 Å². The van der Waals surface area contributed by atoms with E-state index in [1.165, 1.54) is 12.7 Å². The van der Waals surface area contributed by atoms with E-state index in [1.807, 2.05) is 0 Å². The highest BCUT2D eigenvalue weighted by atomic mass is 32.2. The van der Waals surface area contributed by atoms with E-state index in [4.69, 9.17) is 5.73 Å². The number of rotatable bonds is 7. The van der Waals surface area contributed by atoms with Crippen molar-refractivity contribution in [2.45, 2.75) is 18.2 Å². The quantitative estimate of drug-likeness (QED) is 0.625. The van der Waals surface area contributed by atoms with Gasteiger partial charge in [-0.1, -0.05) is 0 Å². The minimum absolute atomic E-state index is 0.348. The number of methoxy groups -OCH3 is 1. The van der Waals surface area contributed by atoms with Crippen LogP contribution in [0.2, 0.25) is 0 Å². The number of carbonyl (C=O) groups excluding carboxylic acids is 1. The fourth-order valence-corrected chi connectivity index (χ4v) is 4.11. The summed E-state index contributed by atoms with van der Waals surface area (Å²) in [6, 6.07) is 1.56. The van der Waals surface area contributed by atoms with Gasteiger partial charge < -0.3 is 10.5 Å². The van der Waals surface area contributed by atoms with Gasteiger partial charge in [-0.05, 0) is 23.6 Å². The molecule has 0 aliphatic carbocycles. The predicted octanol–water partition coefficient (Wildman–Crippen LogP) is 3.00. The average Bonchev–Trinajstić information content (AvgIpc) is 3.12. The summed E-state index contributed by atoms with van der Waals surface area (Å²) in [5, 5.41) is 7.30. The van der Waals surface area contributed by atoms with Gasteiger partial charge in [-0.2, -0.15) is 23.1 Å². The van der Waals surface area contributed by atoms with Crippen LogP contribution in [0.25, 0.3) is 10.6 Å². The zero-order chi connectivity index (χ0) is 14.4. The first kappa shape index (κ1) is 15.5. The Hall–Kier alpha value is -0.890. The molecule has 0 radical (unpaired) electrons. The maximum Gasteiger partial charge on any atom is 0.322 e. The highest BCUT2D eigenvalue weighted by molar-refractivity contribution is 7.98. The largest absolute Gasteiger partial charge is 0.468 e. The van der Waals surface area contributed by atoms with Crippen LogP contribution in [0.15, 0.2) is 22.2 Å². The molecule has 0 aliphatic rings. The Labute approximate surface area is 130 Å². The number of esters is 1. The summed E-state index contributed by atoms with van der Waals surface area (Å²) in [6.07, 6.45) is 0.624. The number of hydrogen-bond donors (Lipinski definition) is 1.